The Labute approximate surface area is 107 Å². The summed E-state index contributed by atoms with van der Waals surface area (Å²) < 4.78 is 16.8. The lowest BCUT2D eigenvalue weighted by atomic mass is 10.2. The third-order valence-electron chi connectivity index (χ3n) is 2.98. The molecule has 0 bridgehead atoms. The Morgan fingerprint density at radius 3 is 2.71 bits per heavy atom. The highest BCUT2D eigenvalue weighted by Gasteiger charge is 2.24. The Hall–Kier alpha value is 0.0969. The Morgan fingerprint density at radius 1 is 1.41 bits per heavy atom. The first kappa shape index (κ1) is 15.2. The molecule has 1 heterocycles. The summed E-state index contributed by atoms with van der Waals surface area (Å²) in [4.78, 5) is 0. The van der Waals surface area contributed by atoms with Crippen LogP contribution in [0, 0.1) is 0 Å². The summed E-state index contributed by atoms with van der Waals surface area (Å²) >= 11 is 0. The number of hydrogen-bond acceptors (Lipinski definition) is 3. The summed E-state index contributed by atoms with van der Waals surface area (Å²) in [5, 5.41) is 0. The van der Waals surface area contributed by atoms with Crippen molar-refractivity contribution in [2.24, 2.45) is 0 Å². The first-order chi connectivity index (χ1) is 8.03. The van der Waals surface area contributed by atoms with Gasteiger partial charge in [-0.2, -0.15) is 0 Å². The highest BCUT2D eigenvalue weighted by Crippen LogP contribution is 2.17. The molecule has 1 aliphatic rings. The fourth-order valence-corrected chi connectivity index (χ4v) is 4.65. The Bertz CT molecular complexity index is 205. The van der Waals surface area contributed by atoms with Crippen LogP contribution in [0.25, 0.3) is 0 Å². The second-order valence-corrected chi connectivity index (χ2v) is 9.87. The van der Waals surface area contributed by atoms with Crippen LogP contribution in [0.15, 0.2) is 0 Å². The van der Waals surface area contributed by atoms with Crippen LogP contribution in [0.2, 0.25) is 19.1 Å². The summed E-state index contributed by atoms with van der Waals surface area (Å²) in [6.07, 6.45) is 4.19. The van der Waals surface area contributed by atoms with Gasteiger partial charge >= 0.3 is 0 Å². The lowest BCUT2D eigenvalue weighted by Crippen LogP contribution is -2.34. The normalized spacial score (nSPS) is 21.5. The zero-order chi connectivity index (χ0) is 12.7. The van der Waals surface area contributed by atoms with Crippen molar-refractivity contribution in [1.29, 1.82) is 0 Å². The summed E-state index contributed by atoms with van der Waals surface area (Å²) in [5.41, 5.74) is 0. The molecule has 2 unspecified atom stereocenters. The topological polar surface area (TPSA) is 31.0 Å². The molecule has 17 heavy (non-hydrogen) atoms. The van der Waals surface area contributed by atoms with Gasteiger partial charge in [0.15, 0.2) is 8.32 Å². The number of rotatable bonds is 10. The third kappa shape index (κ3) is 7.92. The van der Waals surface area contributed by atoms with E-state index in [2.05, 4.69) is 26.9 Å². The molecule has 0 saturated carbocycles. The van der Waals surface area contributed by atoms with Gasteiger partial charge in [0.25, 0.3) is 0 Å². The van der Waals surface area contributed by atoms with Crippen molar-refractivity contribution in [1.82, 2.24) is 0 Å². The van der Waals surface area contributed by atoms with E-state index in [1.165, 1.54) is 12.5 Å². The first-order valence-corrected chi connectivity index (χ1v) is 10.0. The first-order valence-electron chi connectivity index (χ1n) is 6.90. The van der Waals surface area contributed by atoms with Gasteiger partial charge in [-0.1, -0.05) is 13.3 Å². The van der Waals surface area contributed by atoms with E-state index in [-0.39, 0.29) is 0 Å². The van der Waals surface area contributed by atoms with Gasteiger partial charge in [0.2, 0.25) is 0 Å². The van der Waals surface area contributed by atoms with E-state index in [1.807, 2.05) is 0 Å². The maximum atomic E-state index is 6.18. The van der Waals surface area contributed by atoms with Crippen LogP contribution >= 0.6 is 0 Å². The predicted molar refractivity (Wildman–Crippen MR) is 72.9 cm³/mol. The van der Waals surface area contributed by atoms with Crippen LogP contribution in [0.4, 0.5) is 0 Å². The van der Waals surface area contributed by atoms with Crippen molar-refractivity contribution in [2.75, 3.05) is 19.8 Å². The predicted octanol–water partition coefficient (Wildman–Crippen LogP) is 3.20. The largest absolute Gasteiger partial charge is 0.415 e. The van der Waals surface area contributed by atoms with Crippen LogP contribution in [-0.4, -0.2) is 40.3 Å². The SMILES string of the molecule is CCC[Si](C)(C)OC(C)CCCOCC1CO1. The summed E-state index contributed by atoms with van der Waals surface area (Å²) in [6.45, 7) is 11.5. The molecule has 0 aromatic heterocycles. The van der Waals surface area contributed by atoms with Crippen molar-refractivity contribution < 1.29 is 13.9 Å². The van der Waals surface area contributed by atoms with Crippen LogP contribution < -0.4 is 0 Å². The Balaban J connectivity index is 1.97. The van der Waals surface area contributed by atoms with Gasteiger partial charge in [0, 0.05) is 12.7 Å². The highest BCUT2D eigenvalue weighted by molar-refractivity contribution is 6.71. The fourth-order valence-electron chi connectivity index (χ4n) is 2.12. The molecule has 2 atom stereocenters. The minimum Gasteiger partial charge on any atom is -0.415 e. The molecule has 3 nitrogen and oxygen atoms in total. The minimum atomic E-state index is -1.40. The molecular weight excluding hydrogens is 232 g/mol. The molecular formula is C13H28O3Si. The molecule has 0 aromatic rings. The average Bonchev–Trinajstić information content (AvgIpc) is 2.99. The van der Waals surface area contributed by atoms with Crippen LogP contribution in [-0.2, 0) is 13.9 Å². The zero-order valence-electron chi connectivity index (χ0n) is 11.8. The van der Waals surface area contributed by atoms with Crippen LogP contribution in [0.3, 0.4) is 0 Å². The highest BCUT2D eigenvalue weighted by atomic mass is 28.4. The smallest absolute Gasteiger partial charge is 0.187 e. The van der Waals surface area contributed by atoms with E-state index >= 15 is 0 Å². The average molecular weight is 260 g/mol. The lowest BCUT2D eigenvalue weighted by molar-refractivity contribution is 0.102. The molecule has 1 saturated heterocycles. The molecule has 0 aliphatic carbocycles. The second-order valence-electron chi connectivity index (χ2n) is 5.61. The van der Waals surface area contributed by atoms with E-state index < -0.39 is 8.32 Å². The Kier molecular flexibility index (Phi) is 6.70. The lowest BCUT2D eigenvalue weighted by Gasteiger charge is -2.27. The summed E-state index contributed by atoms with van der Waals surface area (Å²) in [7, 11) is -1.40. The van der Waals surface area contributed by atoms with Crippen molar-refractivity contribution in [3.63, 3.8) is 0 Å². The van der Waals surface area contributed by atoms with Crippen molar-refractivity contribution in [3.05, 3.63) is 0 Å². The van der Waals surface area contributed by atoms with Gasteiger partial charge in [0.1, 0.15) is 6.10 Å². The van der Waals surface area contributed by atoms with Crippen molar-refractivity contribution in [2.45, 2.75) is 64.5 Å². The van der Waals surface area contributed by atoms with Gasteiger partial charge < -0.3 is 13.9 Å². The van der Waals surface area contributed by atoms with E-state index in [9.17, 15) is 0 Å². The van der Waals surface area contributed by atoms with E-state index in [0.29, 0.717) is 12.2 Å². The molecule has 0 aromatic carbocycles. The molecule has 0 N–H and O–H groups in total. The van der Waals surface area contributed by atoms with E-state index in [1.54, 1.807) is 0 Å². The van der Waals surface area contributed by atoms with Crippen molar-refractivity contribution in [3.8, 4) is 0 Å². The minimum absolute atomic E-state index is 0.379. The van der Waals surface area contributed by atoms with Crippen LogP contribution in [0.5, 0.6) is 0 Å². The zero-order valence-corrected chi connectivity index (χ0v) is 12.8. The monoisotopic (exact) mass is 260 g/mol. The molecule has 0 radical (unpaired) electrons. The van der Waals surface area contributed by atoms with Gasteiger partial charge in [-0.3, -0.25) is 0 Å². The third-order valence-corrected chi connectivity index (χ3v) is 5.72. The molecule has 102 valence electrons. The molecule has 1 fully saturated rings. The van der Waals surface area contributed by atoms with Gasteiger partial charge in [-0.15, -0.1) is 0 Å². The Morgan fingerprint density at radius 2 is 2.12 bits per heavy atom. The maximum Gasteiger partial charge on any atom is 0.187 e. The quantitative estimate of drug-likeness (QED) is 0.343. The number of hydrogen-bond donors (Lipinski definition) is 0. The van der Waals surface area contributed by atoms with Crippen molar-refractivity contribution >= 4 is 8.32 Å². The second kappa shape index (κ2) is 7.51. The van der Waals surface area contributed by atoms with Gasteiger partial charge in [-0.25, -0.2) is 0 Å². The summed E-state index contributed by atoms with van der Waals surface area (Å²) in [5.74, 6) is 0. The molecule has 0 spiro atoms. The molecule has 1 aliphatic heterocycles. The number of ether oxygens (including phenoxy) is 2. The fraction of sp³-hybridized carbons (Fsp3) is 1.00. The van der Waals surface area contributed by atoms with E-state index in [0.717, 1.165) is 32.7 Å². The standard InChI is InChI=1S/C13H28O3Si/c1-5-9-17(3,4)16-12(2)7-6-8-14-10-13-11-15-13/h12-13H,5-11H2,1-4H3. The van der Waals surface area contributed by atoms with Gasteiger partial charge in [0.05, 0.1) is 13.2 Å². The maximum absolute atomic E-state index is 6.18. The summed E-state index contributed by atoms with van der Waals surface area (Å²) in [6, 6.07) is 1.26. The molecule has 0 amide bonds. The van der Waals surface area contributed by atoms with Gasteiger partial charge in [-0.05, 0) is 38.9 Å². The number of epoxide rings is 1. The van der Waals surface area contributed by atoms with E-state index in [4.69, 9.17) is 13.9 Å². The molecule has 1 rings (SSSR count). The molecule has 4 heteroatoms. The van der Waals surface area contributed by atoms with Crippen LogP contribution in [0.1, 0.15) is 33.1 Å².